The Hall–Kier alpha value is -0.700. The second-order valence-electron chi connectivity index (χ2n) is 4.88. The van der Waals surface area contributed by atoms with Gasteiger partial charge in [0.25, 0.3) is 10.2 Å². The van der Waals surface area contributed by atoms with Crippen LogP contribution in [0, 0.1) is 5.92 Å². The zero-order valence-electron chi connectivity index (χ0n) is 10.4. The van der Waals surface area contributed by atoms with E-state index < -0.39 is 22.2 Å². The minimum Gasteiger partial charge on any atom is -0.367 e. The van der Waals surface area contributed by atoms with Gasteiger partial charge in [0.05, 0.1) is 13.2 Å². The van der Waals surface area contributed by atoms with Gasteiger partial charge in [-0.15, -0.1) is 0 Å². The fourth-order valence-electron chi connectivity index (χ4n) is 2.27. The van der Waals surface area contributed by atoms with Crippen LogP contribution in [0.25, 0.3) is 0 Å². The van der Waals surface area contributed by atoms with Crippen molar-refractivity contribution in [1.29, 1.82) is 0 Å². The number of hydrogen-bond donors (Lipinski definition) is 1. The fraction of sp³-hybridized carbons (Fsp3) is 0.900. The summed E-state index contributed by atoms with van der Waals surface area (Å²) in [5, 5.41) is 0. The van der Waals surface area contributed by atoms with E-state index in [1.165, 1.54) is 8.61 Å². The van der Waals surface area contributed by atoms with Crippen molar-refractivity contribution in [2.24, 2.45) is 11.7 Å². The van der Waals surface area contributed by atoms with Crippen molar-refractivity contribution in [3.63, 3.8) is 0 Å². The van der Waals surface area contributed by atoms with Crippen molar-refractivity contribution in [2.75, 3.05) is 32.8 Å². The Bertz CT molecular complexity index is 425. The highest BCUT2D eigenvalue weighted by molar-refractivity contribution is 7.86. The van der Waals surface area contributed by atoms with Gasteiger partial charge >= 0.3 is 0 Å². The fourth-order valence-corrected chi connectivity index (χ4v) is 4.01. The molecule has 0 aromatic carbocycles. The Kier molecular flexibility index (Phi) is 3.90. The number of ether oxygens (including phenoxy) is 1. The average molecular weight is 277 g/mol. The van der Waals surface area contributed by atoms with Gasteiger partial charge in [-0.05, 0) is 12.3 Å². The van der Waals surface area contributed by atoms with Gasteiger partial charge in [0.15, 0.2) is 0 Å². The first-order valence-corrected chi connectivity index (χ1v) is 7.47. The van der Waals surface area contributed by atoms with Gasteiger partial charge in [-0.25, -0.2) is 0 Å². The van der Waals surface area contributed by atoms with Crippen LogP contribution in [0.4, 0.5) is 0 Å². The summed E-state index contributed by atoms with van der Waals surface area (Å²) in [5.74, 6) is -0.238. The molecular formula is C10H19N3O4S. The maximum Gasteiger partial charge on any atom is 0.282 e. The number of carbonyl (C=O) groups excluding carboxylic acids is 1. The summed E-state index contributed by atoms with van der Waals surface area (Å²) in [6.45, 7) is 3.61. The normalized spacial score (nSPS) is 31.6. The molecule has 0 radical (unpaired) electrons. The molecule has 2 fully saturated rings. The van der Waals surface area contributed by atoms with Gasteiger partial charge in [0, 0.05) is 19.6 Å². The van der Waals surface area contributed by atoms with Crippen molar-refractivity contribution < 1.29 is 17.9 Å². The van der Waals surface area contributed by atoms with Crippen molar-refractivity contribution in [1.82, 2.24) is 8.61 Å². The molecule has 104 valence electrons. The topological polar surface area (TPSA) is 92.9 Å². The molecule has 0 aromatic heterocycles. The van der Waals surface area contributed by atoms with Crippen molar-refractivity contribution in [3.05, 3.63) is 0 Å². The summed E-state index contributed by atoms with van der Waals surface area (Å²) in [6.07, 6.45) is 0.0385. The standard InChI is InChI=1S/C10H19N3O4S/c1-8-2-3-12(6-8)18(15,16)13-4-5-17-9(7-13)10(11)14/h8-9H,2-7H2,1H3,(H2,11,14)/t8-,9-/m0/s1. The van der Waals surface area contributed by atoms with Crippen LogP contribution in [0.5, 0.6) is 0 Å². The lowest BCUT2D eigenvalue weighted by Gasteiger charge is -2.33. The van der Waals surface area contributed by atoms with Crippen LogP contribution in [-0.2, 0) is 19.7 Å². The zero-order valence-corrected chi connectivity index (χ0v) is 11.2. The third-order valence-electron chi connectivity index (χ3n) is 3.39. The molecule has 2 rings (SSSR count). The maximum atomic E-state index is 12.3. The molecular weight excluding hydrogens is 258 g/mol. The number of carbonyl (C=O) groups is 1. The Morgan fingerprint density at radius 1 is 1.28 bits per heavy atom. The van der Waals surface area contributed by atoms with Crippen LogP contribution in [0.3, 0.4) is 0 Å². The number of morpholine rings is 1. The number of primary amides is 1. The molecule has 2 heterocycles. The summed E-state index contributed by atoms with van der Waals surface area (Å²) in [6, 6.07) is 0. The van der Waals surface area contributed by atoms with Gasteiger partial charge in [0.1, 0.15) is 6.10 Å². The van der Waals surface area contributed by atoms with E-state index in [4.69, 9.17) is 10.5 Å². The van der Waals surface area contributed by atoms with E-state index in [9.17, 15) is 13.2 Å². The Morgan fingerprint density at radius 2 is 1.94 bits per heavy atom. The lowest BCUT2D eigenvalue weighted by atomic mass is 10.2. The monoisotopic (exact) mass is 277 g/mol. The molecule has 2 aliphatic rings. The van der Waals surface area contributed by atoms with Crippen molar-refractivity contribution in [2.45, 2.75) is 19.4 Å². The number of amides is 1. The van der Waals surface area contributed by atoms with Crippen LogP contribution >= 0.6 is 0 Å². The second-order valence-corrected chi connectivity index (χ2v) is 6.81. The molecule has 0 bridgehead atoms. The summed E-state index contributed by atoms with van der Waals surface area (Å²) in [5.41, 5.74) is 5.15. The molecule has 2 atom stereocenters. The first-order chi connectivity index (χ1) is 8.41. The number of nitrogens with zero attached hydrogens (tertiary/aromatic N) is 2. The SMILES string of the molecule is C[C@H]1CCN(S(=O)(=O)N2CCO[C@H](C(N)=O)C2)C1. The molecule has 1 amide bonds. The lowest BCUT2D eigenvalue weighted by molar-refractivity contribution is -0.132. The summed E-state index contributed by atoms with van der Waals surface area (Å²) < 4.78 is 32.6. The highest BCUT2D eigenvalue weighted by atomic mass is 32.2. The molecule has 2 saturated heterocycles. The summed E-state index contributed by atoms with van der Waals surface area (Å²) >= 11 is 0. The summed E-state index contributed by atoms with van der Waals surface area (Å²) in [7, 11) is -3.48. The van der Waals surface area contributed by atoms with E-state index in [1.807, 2.05) is 6.92 Å². The van der Waals surface area contributed by atoms with Crippen LogP contribution in [0.2, 0.25) is 0 Å². The van der Waals surface area contributed by atoms with Gasteiger partial charge in [-0.2, -0.15) is 17.0 Å². The van der Waals surface area contributed by atoms with Crippen LogP contribution in [0.15, 0.2) is 0 Å². The molecule has 7 nitrogen and oxygen atoms in total. The predicted octanol–water partition coefficient (Wildman–Crippen LogP) is -1.24. The number of nitrogens with two attached hydrogens (primary N) is 1. The lowest BCUT2D eigenvalue weighted by Crippen LogP contribution is -2.53. The molecule has 2 aliphatic heterocycles. The number of hydrogen-bond acceptors (Lipinski definition) is 4. The van der Waals surface area contributed by atoms with Crippen LogP contribution in [-0.4, -0.2) is 61.8 Å². The van der Waals surface area contributed by atoms with Crippen LogP contribution in [0.1, 0.15) is 13.3 Å². The molecule has 8 heteroatoms. The van der Waals surface area contributed by atoms with E-state index in [-0.39, 0.29) is 19.7 Å². The highest BCUT2D eigenvalue weighted by Gasteiger charge is 2.38. The van der Waals surface area contributed by atoms with Gasteiger partial charge in [-0.3, -0.25) is 4.79 Å². The van der Waals surface area contributed by atoms with E-state index in [0.29, 0.717) is 19.0 Å². The first kappa shape index (κ1) is 13.7. The third-order valence-corrected chi connectivity index (χ3v) is 5.35. The van der Waals surface area contributed by atoms with E-state index in [2.05, 4.69) is 0 Å². The second kappa shape index (κ2) is 5.12. The largest absolute Gasteiger partial charge is 0.367 e. The molecule has 0 aromatic rings. The molecule has 2 N–H and O–H groups in total. The predicted molar refractivity (Wildman–Crippen MR) is 64.8 cm³/mol. The molecule has 18 heavy (non-hydrogen) atoms. The van der Waals surface area contributed by atoms with Crippen molar-refractivity contribution >= 4 is 16.1 Å². The zero-order chi connectivity index (χ0) is 13.3. The minimum absolute atomic E-state index is 0.0164. The maximum absolute atomic E-state index is 12.3. The Morgan fingerprint density at radius 3 is 2.50 bits per heavy atom. The van der Waals surface area contributed by atoms with E-state index in [1.54, 1.807) is 0 Å². The average Bonchev–Trinajstić information content (AvgIpc) is 2.77. The first-order valence-electron chi connectivity index (χ1n) is 6.07. The van der Waals surface area contributed by atoms with Crippen LogP contribution < -0.4 is 5.73 Å². The molecule has 0 saturated carbocycles. The van der Waals surface area contributed by atoms with Gasteiger partial charge < -0.3 is 10.5 Å². The van der Waals surface area contributed by atoms with Gasteiger partial charge in [-0.1, -0.05) is 6.92 Å². The minimum atomic E-state index is -3.48. The molecule has 0 aliphatic carbocycles. The Balaban J connectivity index is 2.07. The molecule has 0 spiro atoms. The number of rotatable bonds is 3. The van der Waals surface area contributed by atoms with E-state index in [0.717, 1.165) is 6.42 Å². The molecule has 0 unspecified atom stereocenters. The van der Waals surface area contributed by atoms with E-state index >= 15 is 0 Å². The van der Waals surface area contributed by atoms with Gasteiger partial charge in [0.2, 0.25) is 5.91 Å². The Labute approximate surface area is 107 Å². The van der Waals surface area contributed by atoms with Crippen molar-refractivity contribution in [3.8, 4) is 0 Å². The quantitative estimate of drug-likeness (QED) is 0.698. The third kappa shape index (κ3) is 2.66. The summed E-state index contributed by atoms with van der Waals surface area (Å²) in [4.78, 5) is 11.1. The smallest absolute Gasteiger partial charge is 0.282 e. The highest BCUT2D eigenvalue weighted by Crippen LogP contribution is 2.22.